The molecule has 124 valence electrons. The average molecular weight is 419 g/mol. The number of benzene rings is 1. The molecule has 0 unspecified atom stereocenters. The Morgan fingerprint density at radius 1 is 1.22 bits per heavy atom. The van der Waals surface area contributed by atoms with Gasteiger partial charge in [-0.05, 0) is 55.4 Å². The lowest BCUT2D eigenvalue weighted by Gasteiger charge is -2.51. The van der Waals surface area contributed by atoms with Crippen LogP contribution in [0.3, 0.4) is 0 Å². The van der Waals surface area contributed by atoms with Gasteiger partial charge < -0.3 is 4.74 Å². The lowest BCUT2D eigenvalue weighted by atomic mass is 9.54. The Bertz CT molecular complexity index is 810. The van der Waals surface area contributed by atoms with Crippen molar-refractivity contribution in [2.45, 2.75) is 56.0 Å². The first-order chi connectivity index (χ1) is 10.8. The van der Waals surface area contributed by atoms with Gasteiger partial charge in [-0.1, -0.05) is 28.4 Å². The normalized spacial score (nSPS) is 34.4. The summed E-state index contributed by atoms with van der Waals surface area (Å²) in [5.74, 6) is 0.273. The lowest BCUT2D eigenvalue weighted by molar-refractivity contribution is -0.0324. The zero-order chi connectivity index (χ0) is 16.3. The number of fused-ring (bicyclic) bond motifs is 1. The maximum Gasteiger partial charge on any atom is 0.342 e. The van der Waals surface area contributed by atoms with E-state index in [4.69, 9.17) is 15.4 Å². The molecule has 0 aromatic heterocycles. The monoisotopic (exact) mass is 417 g/mol. The highest BCUT2D eigenvalue weighted by molar-refractivity contribution is 9.10. The fourth-order valence-electron chi connectivity index (χ4n) is 4.83. The van der Waals surface area contributed by atoms with Crippen LogP contribution in [0.4, 0.5) is 0 Å². The molecule has 0 radical (unpaired) electrons. The largest absolute Gasteiger partial charge is 0.473 e. The molecule has 0 amide bonds. The summed E-state index contributed by atoms with van der Waals surface area (Å²) in [5.41, 5.74) is 2.11. The second-order valence-electron chi connectivity index (χ2n) is 6.76. The fraction of sp³-hybridized carbons (Fsp3) is 0.562. The summed E-state index contributed by atoms with van der Waals surface area (Å²) < 4.78 is 33.7. The molecular weight excluding hydrogens is 402 g/mol. The molecule has 1 saturated carbocycles. The van der Waals surface area contributed by atoms with Crippen LogP contribution in [0.1, 0.15) is 49.7 Å². The minimum atomic E-state index is -3.96. The lowest BCUT2D eigenvalue weighted by Crippen LogP contribution is -2.53. The predicted molar refractivity (Wildman–Crippen MR) is 93.2 cm³/mol. The summed E-state index contributed by atoms with van der Waals surface area (Å²) >= 11 is 3.57. The third-order valence-corrected chi connectivity index (χ3v) is 6.79. The molecule has 1 aromatic carbocycles. The van der Waals surface area contributed by atoms with Gasteiger partial charge in [0.25, 0.3) is 0 Å². The first-order valence-corrected chi connectivity index (χ1v) is 10.9. The van der Waals surface area contributed by atoms with Gasteiger partial charge in [-0.25, -0.2) is 0 Å². The minimum absolute atomic E-state index is 0.178. The molecule has 4 rings (SSSR count). The van der Waals surface area contributed by atoms with Crippen LogP contribution in [0, 0.1) is 0 Å². The molecule has 1 aliphatic heterocycles. The molecule has 1 saturated heterocycles. The second-order valence-corrected chi connectivity index (χ2v) is 9.85. The van der Waals surface area contributed by atoms with Crippen molar-refractivity contribution in [1.82, 2.24) is 0 Å². The zero-order valence-corrected chi connectivity index (χ0v) is 15.7. The van der Waals surface area contributed by atoms with E-state index in [-0.39, 0.29) is 16.9 Å². The Balaban J connectivity index is 1.90. The third-order valence-electron chi connectivity index (χ3n) is 5.67. The van der Waals surface area contributed by atoms with Crippen molar-refractivity contribution in [3.63, 3.8) is 0 Å². The van der Waals surface area contributed by atoms with Gasteiger partial charge in [-0.15, -0.1) is 4.40 Å². The van der Waals surface area contributed by atoms with Crippen LogP contribution in [0.15, 0.2) is 27.1 Å². The fourth-order valence-corrected chi connectivity index (χ4v) is 5.77. The van der Waals surface area contributed by atoms with Crippen LogP contribution in [0.2, 0.25) is 0 Å². The molecule has 2 fully saturated rings. The van der Waals surface area contributed by atoms with Gasteiger partial charge in [-0.3, -0.25) is 0 Å². The molecule has 3 aliphatic rings. The average Bonchev–Trinajstić information content (AvgIpc) is 2.79. The number of rotatable bonds is 1. The van der Waals surface area contributed by atoms with Crippen LogP contribution in [-0.2, 0) is 25.8 Å². The van der Waals surface area contributed by atoms with E-state index in [9.17, 15) is 8.42 Å². The molecule has 2 atom stereocenters. The van der Waals surface area contributed by atoms with Crippen molar-refractivity contribution in [1.29, 1.82) is 0 Å². The highest BCUT2D eigenvalue weighted by atomic mass is 79.9. The molecule has 2 aliphatic carbocycles. The Morgan fingerprint density at radius 2 is 2.00 bits per heavy atom. The Morgan fingerprint density at radius 3 is 2.78 bits per heavy atom. The van der Waals surface area contributed by atoms with Crippen molar-refractivity contribution in [2.24, 2.45) is 4.40 Å². The molecule has 4 nitrogen and oxygen atoms in total. The van der Waals surface area contributed by atoms with E-state index in [2.05, 4.69) is 38.5 Å². The SMILES string of the molecule is O=S(=O)(Cl)N=C1C[C@]23CCCC[C@]2(CCc2ccc(Br)cc23)O1. The third kappa shape index (κ3) is 2.45. The van der Waals surface area contributed by atoms with Crippen molar-refractivity contribution in [2.75, 3.05) is 0 Å². The number of nitrogens with zero attached hydrogens (tertiary/aromatic N) is 1. The molecule has 23 heavy (non-hydrogen) atoms. The van der Waals surface area contributed by atoms with Crippen LogP contribution >= 0.6 is 26.6 Å². The van der Waals surface area contributed by atoms with Gasteiger partial charge in [0.2, 0.25) is 5.90 Å². The van der Waals surface area contributed by atoms with Crippen molar-refractivity contribution in [3.8, 4) is 0 Å². The van der Waals surface area contributed by atoms with E-state index in [0.29, 0.717) is 6.42 Å². The molecule has 7 heteroatoms. The number of halogens is 2. The van der Waals surface area contributed by atoms with E-state index in [0.717, 1.165) is 43.0 Å². The molecule has 1 heterocycles. The summed E-state index contributed by atoms with van der Waals surface area (Å²) in [5, 5.41) is 0. The van der Waals surface area contributed by atoms with Gasteiger partial charge in [0, 0.05) is 27.0 Å². The van der Waals surface area contributed by atoms with Gasteiger partial charge in [0.1, 0.15) is 5.60 Å². The van der Waals surface area contributed by atoms with Crippen LogP contribution in [0.5, 0.6) is 0 Å². The van der Waals surface area contributed by atoms with Gasteiger partial charge in [0.05, 0.1) is 0 Å². The van der Waals surface area contributed by atoms with E-state index in [1.165, 1.54) is 11.1 Å². The maximum absolute atomic E-state index is 11.4. The summed E-state index contributed by atoms with van der Waals surface area (Å²) in [7, 11) is 1.37. The first kappa shape index (κ1) is 15.9. The molecule has 0 bridgehead atoms. The standard InChI is InChI=1S/C16H17BrClNO3S/c17-12-4-3-11-5-8-16-7-2-1-6-15(16,13(11)9-12)10-14(22-16)19-23(18,20)21/h3-4,9H,1-2,5-8,10H2/t15-,16+/m0/s1. The number of hydrogen-bond donors (Lipinski definition) is 0. The second kappa shape index (κ2) is 5.20. The van der Waals surface area contributed by atoms with E-state index in [1.54, 1.807) is 0 Å². The first-order valence-electron chi connectivity index (χ1n) is 7.85. The Labute approximate surface area is 149 Å². The molecule has 0 N–H and O–H groups in total. The molecule has 0 spiro atoms. The van der Waals surface area contributed by atoms with E-state index in [1.807, 2.05) is 0 Å². The minimum Gasteiger partial charge on any atom is -0.473 e. The molecule has 1 aromatic rings. The zero-order valence-electron chi connectivity index (χ0n) is 12.5. The highest BCUT2D eigenvalue weighted by Crippen LogP contribution is 2.60. The van der Waals surface area contributed by atoms with Gasteiger partial charge in [-0.2, -0.15) is 8.42 Å². The predicted octanol–water partition coefficient (Wildman–Crippen LogP) is 4.25. The van der Waals surface area contributed by atoms with E-state index < -0.39 is 9.24 Å². The number of hydrogen-bond acceptors (Lipinski definition) is 3. The van der Waals surface area contributed by atoms with Crippen molar-refractivity contribution in [3.05, 3.63) is 33.8 Å². The number of aryl methyl sites for hydroxylation is 1. The van der Waals surface area contributed by atoms with Gasteiger partial charge in [0.15, 0.2) is 0 Å². The van der Waals surface area contributed by atoms with Crippen LogP contribution in [-0.4, -0.2) is 19.9 Å². The van der Waals surface area contributed by atoms with Gasteiger partial charge >= 0.3 is 9.24 Å². The topological polar surface area (TPSA) is 55.7 Å². The van der Waals surface area contributed by atoms with Crippen molar-refractivity contribution < 1.29 is 13.2 Å². The summed E-state index contributed by atoms with van der Waals surface area (Å²) in [6.45, 7) is 0. The highest BCUT2D eigenvalue weighted by Gasteiger charge is 2.63. The summed E-state index contributed by atoms with van der Waals surface area (Å²) in [6, 6.07) is 6.41. The Hall–Kier alpha value is -0.590. The Kier molecular flexibility index (Phi) is 3.60. The summed E-state index contributed by atoms with van der Waals surface area (Å²) in [4.78, 5) is 0. The molecular formula is C16H17BrClNO3S. The number of ether oxygens (including phenoxy) is 1. The smallest absolute Gasteiger partial charge is 0.342 e. The van der Waals surface area contributed by atoms with E-state index >= 15 is 0 Å². The van der Waals surface area contributed by atoms with Crippen molar-refractivity contribution >= 4 is 41.7 Å². The maximum atomic E-state index is 11.4. The van der Waals surface area contributed by atoms with Crippen LogP contribution in [0.25, 0.3) is 0 Å². The quantitative estimate of drug-likeness (QED) is 0.641. The summed E-state index contributed by atoms with van der Waals surface area (Å²) in [6.07, 6.45) is 6.54. The van der Waals surface area contributed by atoms with Crippen LogP contribution < -0.4 is 0 Å².